The summed E-state index contributed by atoms with van der Waals surface area (Å²) >= 11 is 0. The molecule has 0 saturated carbocycles. The number of carboxylic acids is 1. The van der Waals surface area contributed by atoms with Crippen LogP contribution >= 0.6 is 0 Å². The van der Waals surface area contributed by atoms with Crippen LogP contribution in [-0.2, 0) is 19.9 Å². The molecule has 8 nitrogen and oxygen atoms in total. The molecule has 0 bridgehead atoms. The summed E-state index contributed by atoms with van der Waals surface area (Å²) in [6.07, 6.45) is -1.33. The molecule has 0 radical (unpaired) electrons. The topological polar surface area (TPSA) is 116 Å². The van der Waals surface area contributed by atoms with E-state index in [2.05, 4.69) is 5.32 Å². The molecule has 2 rings (SSSR count). The van der Waals surface area contributed by atoms with Crippen LogP contribution in [0.25, 0.3) is 0 Å². The Morgan fingerprint density at radius 3 is 2.32 bits per heavy atom. The van der Waals surface area contributed by atoms with Gasteiger partial charge >= 0.3 is 11.9 Å². The second-order valence-electron chi connectivity index (χ2n) is 7.11. The fourth-order valence-corrected chi connectivity index (χ4v) is 2.42. The van der Waals surface area contributed by atoms with E-state index in [1.54, 1.807) is 27.7 Å². The Labute approximate surface area is 145 Å². The minimum atomic E-state index is -1.33. The molecular weight excluding hydrogens is 328 g/mol. The Morgan fingerprint density at radius 2 is 1.84 bits per heavy atom. The van der Waals surface area contributed by atoms with Gasteiger partial charge in [-0.15, -0.1) is 0 Å². The van der Waals surface area contributed by atoms with Gasteiger partial charge in [0.15, 0.2) is 13.1 Å². The fraction of sp³-hybridized carbons (Fsp3) is 0.471. The van der Waals surface area contributed by atoms with Gasteiger partial charge in [0.1, 0.15) is 5.54 Å². The number of hydrogen-bond donors (Lipinski definition) is 3. The Bertz CT molecular complexity index is 694. The van der Waals surface area contributed by atoms with Crippen LogP contribution in [0, 0.1) is 5.41 Å². The maximum atomic E-state index is 12.7. The summed E-state index contributed by atoms with van der Waals surface area (Å²) in [4.78, 5) is 36.5. The summed E-state index contributed by atoms with van der Waals surface area (Å²) in [7, 11) is 0. The standard InChI is InChI=1S/C17H22N2O6/c1-16(2,3)14(23)25-9-19-13(22)17(4,18-15(19)24)11-7-5-10(6-8-11)12(20)21/h5-8,15,18,24H,9H2,1-4H3,(H,20,21)/t15?,17-/m1/s1. The van der Waals surface area contributed by atoms with Crippen molar-refractivity contribution in [3.05, 3.63) is 35.4 Å². The number of aliphatic hydroxyl groups is 1. The van der Waals surface area contributed by atoms with Gasteiger partial charge in [-0.05, 0) is 45.4 Å². The van der Waals surface area contributed by atoms with Gasteiger partial charge in [-0.1, -0.05) is 12.1 Å². The lowest BCUT2D eigenvalue weighted by molar-refractivity contribution is -0.165. The number of esters is 1. The van der Waals surface area contributed by atoms with Crippen molar-refractivity contribution >= 4 is 17.8 Å². The number of carboxylic acid groups (broad SMARTS) is 1. The van der Waals surface area contributed by atoms with Gasteiger partial charge in [-0.25, -0.2) is 4.79 Å². The van der Waals surface area contributed by atoms with E-state index in [4.69, 9.17) is 9.84 Å². The van der Waals surface area contributed by atoms with Gasteiger partial charge in [0.05, 0.1) is 11.0 Å². The van der Waals surface area contributed by atoms with Crippen molar-refractivity contribution < 1.29 is 29.3 Å². The van der Waals surface area contributed by atoms with E-state index in [1.165, 1.54) is 24.3 Å². The first kappa shape index (κ1) is 18.9. The summed E-state index contributed by atoms with van der Waals surface area (Å²) in [5.74, 6) is -2.05. The van der Waals surface area contributed by atoms with E-state index >= 15 is 0 Å². The normalized spacial score (nSPS) is 23.6. The van der Waals surface area contributed by atoms with Gasteiger partial charge in [-0.2, -0.15) is 0 Å². The van der Waals surface area contributed by atoms with Crippen molar-refractivity contribution in [2.75, 3.05) is 6.73 Å². The number of nitrogens with zero attached hydrogens (tertiary/aromatic N) is 1. The van der Waals surface area contributed by atoms with Gasteiger partial charge in [0.2, 0.25) is 0 Å². The van der Waals surface area contributed by atoms with Crippen LogP contribution in [0.3, 0.4) is 0 Å². The zero-order valence-electron chi connectivity index (χ0n) is 14.6. The van der Waals surface area contributed by atoms with Crippen molar-refractivity contribution in [1.82, 2.24) is 10.2 Å². The summed E-state index contributed by atoms with van der Waals surface area (Å²) in [6, 6.07) is 5.77. The highest BCUT2D eigenvalue weighted by molar-refractivity contribution is 5.91. The number of aromatic carboxylic acids is 1. The highest BCUT2D eigenvalue weighted by Gasteiger charge is 2.49. The van der Waals surface area contributed by atoms with Crippen molar-refractivity contribution in [3.63, 3.8) is 0 Å². The lowest BCUT2D eigenvalue weighted by Crippen LogP contribution is -2.41. The molecule has 1 heterocycles. The average Bonchev–Trinajstić information content (AvgIpc) is 2.75. The van der Waals surface area contributed by atoms with Crippen molar-refractivity contribution in [3.8, 4) is 0 Å². The third-order valence-electron chi connectivity index (χ3n) is 4.06. The number of aliphatic hydroxyl groups excluding tert-OH is 1. The summed E-state index contributed by atoms with van der Waals surface area (Å²) in [5.41, 5.74) is -1.40. The Balaban J connectivity index is 2.17. The maximum absolute atomic E-state index is 12.7. The molecule has 1 amide bonds. The molecule has 0 aliphatic carbocycles. The van der Waals surface area contributed by atoms with Crippen LogP contribution < -0.4 is 5.32 Å². The number of nitrogens with one attached hydrogen (secondary N) is 1. The van der Waals surface area contributed by atoms with E-state index in [9.17, 15) is 19.5 Å². The second-order valence-corrected chi connectivity index (χ2v) is 7.11. The lowest BCUT2D eigenvalue weighted by atomic mass is 9.91. The molecule has 1 aliphatic rings. The highest BCUT2D eigenvalue weighted by atomic mass is 16.6. The SMILES string of the molecule is CC(C)(C)C(=O)OCN1C(=O)[C@@](C)(c2ccc(C(=O)O)cc2)NC1O. The van der Waals surface area contributed by atoms with Crippen LogP contribution in [0.5, 0.6) is 0 Å². The number of ether oxygens (including phenoxy) is 1. The molecule has 1 unspecified atom stereocenters. The zero-order valence-corrected chi connectivity index (χ0v) is 14.6. The molecule has 8 heteroatoms. The van der Waals surface area contributed by atoms with Crippen LogP contribution in [0.4, 0.5) is 0 Å². The Hall–Kier alpha value is -2.45. The molecular formula is C17H22N2O6. The van der Waals surface area contributed by atoms with Crippen molar-refractivity contribution in [1.29, 1.82) is 0 Å². The van der Waals surface area contributed by atoms with Gasteiger partial charge in [0.25, 0.3) is 5.91 Å². The quantitative estimate of drug-likeness (QED) is 0.690. The van der Waals surface area contributed by atoms with Gasteiger partial charge in [0, 0.05) is 0 Å². The molecule has 1 aromatic rings. The number of rotatable bonds is 4. The first-order chi connectivity index (χ1) is 11.5. The molecule has 0 aromatic heterocycles. The molecule has 2 atom stereocenters. The molecule has 3 N–H and O–H groups in total. The first-order valence-electron chi connectivity index (χ1n) is 7.75. The maximum Gasteiger partial charge on any atom is 0.335 e. The number of carbonyl (C=O) groups excluding carboxylic acids is 2. The molecule has 1 aromatic carbocycles. The minimum absolute atomic E-state index is 0.0920. The largest absolute Gasteiger partial charge is 0.478 e. The highest BCUT2D eigenvalue weighted by Crippen LogP contribution is 2.30. The van der Waals surface area contributed by atoms with Gasteiger partial charge < -0.3 is 14.9 Å². The Morgan fingerprint density at radius 1 is 1.28 bits per heavy atom. The number of carbonyl (C=O) groups is 3. The summed E-state index contributed by atoms with van der Waals surface area (Å²) < 4.78 is 5.10. The average molecular weight is 350 g/mol. The molecule has 25 heavy (non-hydrogen) atoms. The minimum Gasteiger partial charge on any atom is -0.478 e. The smallest absolute Gasteiger partial charge is 0.335 e. The number of benzene rings is 1. The number of amides is 1. The molecule has 1 aliphatic heterocycles. The van der Waals surface area contributed by atoms with Crippen molar-refractivity contribution in [2.24, 2.45) is 5.41 Å². The van der Waals surface area contributed by atoms with Crippen LogP contribution in [0.2, 0.25) is 0 Å². The molecule has 1 saturated heterocycles. The molecule has 0 spiro atoms. The second kappa shape index (κ2) is 6.45. The van der Waals surface area contributed by atoms with Crippen LogP contribution in [0.1, 0.15) is 43.6 Å². The lowest BCUT2D eigenvalue weighted by Gasteiger charge is -2.24. The third kappa shape index (κ3) is 3.64. The number of hydrogen-bond acceptors (Lipinski definition) is 6. The van der Waals surface area contributed by atoms with E-state index in [0.717, 1.165) is 4.90 Å². The van der Waals surface area contributed by atoms with Crippen LogP contribution in [-0.4, -0.2) is 46.0 Å². The monoisotopic (exact) mass is 350 g/mol. The molecule has 1 fully saturated rings. The van der Waals surface area contributed by atoms with Crippen molar-refractivity contribution in [2.45, 2.75) is 39.6 Å². The van der Waals surface area contributed by atoms with Crippen LogP contribution in [0.15, 0.2) is 24.3 Å². The third-order valence-corrected chi connectivity index (χ3v) is 4.06. The van der Waals surface area contributed by atoms with E-state index in [0.29, 0.717) is 5.56 Å². The Kier molecular flexibility index (Phi) is 4.87. The van der Waals surface area contributed by atoms with E-state index in [-0.39, 0.29) is 12.3 Å². The zero-order chi connectivity index (χ0) is 19.0. The molecule has 136 valence electrons. The predicted octanol–water partition coefficient (Wildman–Crippen LogP) is 0.855. The summed E-state index contributed by atoms with van der Waals surface area (Å²) in [5, 5.41) is 21.8. The predicted molar refractivity (Wildman–Crippen MR) is 87.2 cm³/mol. The summed E-state index contributed by atoms with van der Waals surface area (Å²) in [6.45, 7) is 6.24. The van der Waals surface area contributed by atoms with E-state index < -0.39 is 35.2 Å². The van der Waals surface area contributed by atoms with E-state index in [1.807, 2.05) is 0 Å². The first-order valence-corrected chi connectivity index (χ1v) is 7.75. The van der Waals surface area contributed by atoms with Gasteiger partial charge in [-0.3, -0.25) is 19.8 Å². The fourth-order valence-electron chi connectivity index (χ4n) is 2.42.